The average Bonchev–Trinajstić information content (AvgIpc) is 3.24. The first kappa shape index (κ1) is 26.2. The number of carboxylic acid groups (broad SMARTS) is 1. The number of aromatic nitrogens is 1. The molecule has 0 unspecified atom stereocenters. The normalized spacial score (nSPS) is 11.5. The lowest BCUT2D eigenvalue weighted by Crippen LogP contribution is -2.41. The van der Waals surface area contributed by atoms with Crippen molar-refractivity contribution in [2.24, 2.45) is 5.10 Å². The number of aromatic carboxylic acids is 1. The summed E-state index contributed by atoms with van der Waals surface area (Å²) in [6.07, 6.45) is 1.56. The van der Waals surface area contributed by atoms with E-state index in [9.17, 15) is 14.7 Å². The summed E-state index contributed by atoms with van der Waals surface area (Å²) in [6.45, 7) is 0.151. The number of benzene rings is 4. The highest BCUT2D eigenvalue weighted by Crippen LogP contribution is 2.36. The van der Waals surface area contributed by atoms with Crippen LogP contribution in [0.1, 0.15) is 37.5 Å². The van der Waals surface area contributed by atoms with Crippen LogP contribution in [-0.4, -0.2) is 21.9 Å². The minimum absolute atomic E-state index is 0.150. The Hall–Kier alpha value is -4.46. The summed E-state index contributed by atoms with van der Waals surface area (Å²) in [5.41, 5.74) is 6.39. The predicted molar refractivity (Wildman–Crippen MR) is 156 cm³/mol. The number of nitrogens with one attached hydrogen (secondary N) is 1. The van der Waals surface area contributed by atoms with Crippen LogP contribution in [0.5, 0.6) is 0 Å². The third-order valence-corrected chi connectivity index (χ3v) is 7.84. The Balaban J connectivity index is 1.52. The fourth-order valence-corrected chi connectivity index (χ4v) is 5.65. The van der Waals surface area contributed by atoms with Crippen molar-refractivity contribution in [3.8, 4) is 0 Å². The molecule has 5 rings (SSSR count). The third-order valence-electron chi connectivity index (χ3n) is 6.41. The summed E-state index contributed by atoms with van der Waals surface area (Å²) in [5, 5.41) is 14.1. The standard InChI is InChI=1S/C31H24ClN3O3S/c32-28-27(39-30(38)35(28)21-22-11-10-12-23(19-22)29(36)37)20-33-34-31(24-13-4-1-5-14-24,25-15-6-2-7-16-25)26-17-8-3-9-18-26/h1-20,34H,21H2,(H,36,37). The molecule has 0 bridgehead atoms. The molecule has 0 fully saturated rings. The Bertz CT molecular complexity index is 1570. The van der Waals surface area contributed by atoms with Crippen molar-refractivity contribution in [3.63, 3.8) is 0 Å². The summed E-state index contributed by atoms with van der Waals surface area (Å²) < 4.78 is 1.41. The number of hydrogen-bond donors (Lipinski definition) is 2. The summed E-state index contributed by atoms with van der Waals surface area (Å²) in [6, 6.07) is 36.6. The predicted octanol–water partition coefficient (Wildman–Crippen LogP) is 6.23. The molecule has 0 aliphatic heterocycles. The van der Waals surface area contributed by atoms with E-state index in [-0.39, 0.29) is 22.1 Å². The summed E-state index contributed by atoms with van der Waals surface area (Å²) in [4.78, 5) is 24.4. The van der Waals surface area contributed by atoms with Gasteiger partial charge in [0, 0.05) is 0 Å². The monoisotopic (exact) mass is 553 g/mol. The number of hydrazone groups is 1. The van der Waals surface area contributed by atoms with Gasteiger partial charge in [-0.1, -0.05) is 126 Å². The molecule has 1 aromatic heterocycles. The maximum atomic E-state index is 12.8. The minimum atomic E-state index is -1.03. The smallest absolute Gasteiger partial charge is 0.335 e. The van der Waals surface area contributed by atoms with E-state index in [4.69, 9.17) is 11.6 Å². The Kier molecular flexibility index (Phi) is 7.72. The molecular formula is C31H24ClN3O3S. The van der Waals surface area contributed by atoms with E-state index in [0.717, 1.165) is 28.0 Å². The van der Waals surface area contributed by atoms with Crippen LogP contribution in [0.15, 0.2) is 125 Å². The molecule has 0 aliphatic carbocycles. The first-order valence-corrected chi connectivity index (χ1v) is 13.4. The quantitative estimate of drug-likeness (QED) is 0.129. The molecule has 39 heavy (non-hydrogen) atoms. The van der Waals surface area contributed by atoms with Crippen LogP contribution in [0.4, 0.5) is 0 Å². The second kappa shape index (κ2) is 11.5. The molecule has 0 amide bonds. The van der Waals surface area contributed by atoms with E-state index >= 15 is 0 Å². The molecule has 6 nitrogen and oxygen atoms in total. The van der Waals surface area contributed by atoms with Gasteiger partial charge in [-0.15, -0.1) is 0 Å². The van der Waals surface area contributed by atoms with Crippen LogP contribution in [0.2, 0.25) is 5.15 Å². The lowest BCUT2D eigenvalue weighted by atomic mass is 9.77. The van der Waals surface area contributed by atoms with Crippen LogP contribution >= 0.6 is 22.9 Å². The largest absolute Gasteiger partial charge is 0.478 e. The molecular weight excluding hydrogens is 530 g/mol. The molecule has 0 aliphatic rings. The molecule has 2 N–H and O–H groups in total. The van der Waals surface area contributed by atoms with E-state index < -0.39 is 11.5 Å². The SMILES string of the molecule is O=C(O)c1cccc(Cn2c(Cl)c(C=NNC(c3ccccc3)(c3ccccc3)c3ccccc3)sc2=O)c1. The fourth-order valence-electron chi connectivity index (χ4n) is 4.55. The van der Waals surface area contributed by atoms with Crippen molar-refractivity contribution >= 4 is 35.1 Å². The van der Waals surface area contributed by atoms with Crippen molar-refractivity contribution < 1.29 is 9.90 Å². The first-order chi connectivity index (χ1) is 19.0. The number of nitrogens with zero attached hydrogens (tertiary/aromatic N) is 2. The van der Waals surface area contributed by atoms with Gasteiger partial charge in [-0.2, -0.15) is 5.10 Å². The number of rotatable bonds is 9. The Morgan fingerprint density at radius 2 is 1.41 bits per heavy atom. The number of hydrogen-bond acceptors (Lipinski definition) is 5. The first-order valence-electron chi connectivity index (χ1n) is 12.2. The van der Waals surface area contributed by atoms with Gasteiger partial charge in [0.25, 0.3) is 0 Å². The number of carbonyl (C=O) groups is 1. The van der Waals surface area contributed by atoms with E-state index in [1.165, 1.54) is 16.7 Å². The second-order valence-electron chi connectivity index (χ2n) is 8.83. The lowest BCUT2D eigenvalue weighted by Gasteiger charge is -2.35. The highest BCUT2D eigenvalue weighted by molar-refractivity contribution is 7.11. The molecule has 8 heteroatoms. The maximum Gasteiger partial charge on any atom is 0.335 e. The molecule has 4 aromatic carbocycles. The van der Waals surface area contributed by atoms with Crippen molar-refractivity contribution in [1.82, 2.24) is 9.99 Å². The minimum Gasteiger partial charge on any atom is -0.478 e. The summed E-state index contributed by atoms with van der Waals surface area (Å²) >= 11 is 7.60. The van der Waals surface area contributed by atoms with E-state index in [1.807, 2.05) is 54.6 Å². The molecule has 5 aromatic rings. The van der Waals surface area contributed by atoms with Gasteiger partial charge in [-0.3, -0.25) is 14.8 Å². The van der Waals surface area contributed by atoms with Crippen LogP contribution in [0.3, 0.4) is 0 Å². The molecule has 194 valence electrons. The molecule has 0 atom stereocenters. The molecule has 0 radical (unpaired) electrons. The van der Waals surface area contributed by atoms with E-state index in [0.29, 0.717) is 10.4 Å². The molecule has 0 saturated heterocycles. The van der Waals surface area contributed by atoms with Crippen LogP contribution in [-0.2, 0) is 12.1 Å². The van der Waals surface area contributed by atoms with Crippen LogP contribution in [0.25, 0.3) is 0 Å². The van der Waals surface area contributed by atoms with Gasteiger partial charge in [0.1, 0.15) is 10.7 Å². The van der Waals surface area contributed by atoms with Gasteiger partial charge in [0.2, 0.25) is 0 Å². The van der Waals surface area contributed by atoms with Gasteiger partial charge >= 0.3 is 10.8 Å². The molecule has 0 saturated carbocycles. The Labute approximate surface area is 234 Å². The zero-order valence-corrected chi connectivity index (χ0v) is 22.3. The fraction of sp³-hybridized carbons (Fsp3) is 0.0645. The zero-order chi connectivity index (χ0) is 27.2. The van der Waals surface area contributed by atoms with Gasteiger partial charge in [-0.05, 0) is 34.4 Å². The maximum absolute atomic E-state index is 12.8. The number of thiazole rings is 1. The summed E-state index contributed by atoms with van der Waals surface area (Å²) in [5.74, 6) is -1.03. The average molecular weight is 554 g/mol. The Morgan fingerprint density at radius 1 is 0.872 bits per heavy atom. The lowest BCUT2D eigenvalue weighted by molar-refractivity contribution is 0.0696. The number of carboxylic acids is 1. The second-order valence-corrected chi connectivity index (χ2v) is 10.2. The van der Waals surface area contributed by atoms with Crippen molar-refractivity contribution in [2.75, 3.05) is 0 Å². The highest BCUT2D eigenvalue weighted by Gasteiger charge is 2.36. The zero-order valence-electron chi connectivity index (χ0n) is 20.7. The van der Waals surface area contributed by atoms with Crippen LogP contribution in [0, 0.1) is 0 Å². The topological polar surface area (TPSA) is 83.7 Å². The number of halogens is 1. The van der Waals surface area contributed by atoms with E-state index in [2.05, 4.69) is 46.9 Å². The van der Waals surface area contributed by atoms with Crippen molar-refractivity contribution in [1.29, 1.82) is 0 Å². The third kappa shape index (κ3) is 5.41. The molecule has 1 heterocycles. The van der Waals surface area contributed by atoms with Crippen molar-refractivity contribution in [2.45, 2.75) is 12.1 Å². The Morgan fingerprint density at radius 3 is 1.92 bits per heavy atom. The van der Waals surface area contributed by atoms with Gasteiger partial charge in [-0.25, -0.2) is 4.79 Å². The van der Waals surface area contributed by atoms with Crippen LogP contribution < -0.4 is 10.3 Å². The van der Waals surface area contributed by atoms with Crippen molar-refractivity contribution in [3.05, 3.63) is 163 Å². The van der Waals surface area contributed by atoms with Gasteiger partial charge < -0.3 is 5.11 Å². The van der Waals surface area contributed by atoms with Gasteiger partial charge in [0.15, 0.2) is 0 Å². The summed E-state index contributed by atoms with van der Waals surface area (Å²) in [7, 11) is 0. The molecule has 0 spiro atoms. The highest BCUT2D eigenvalue weighted by atomic mass is 35.5. The van der Waals surface area contributed by atoms with E-state index in [1.54, 1.807) is 18.3 Å². The van der Waals surface area contributed by atoms with Gasteiger partial charge in [0.05, 0.1) is 23.2 Å².